The number of nitrogens with one attached hydrogen (secondary N) is 2. The molecule has 0 unspecified atom stereocenters. The molecule has 11 nitrogen and oxygen atoms in total. The van der Waals surface area contributed by atoms with Crippen molar-refractivity contribution in [2.24, 2.45) is 15.3 Å². The van der Waals surface area contributed by atoms with Crippen LogP contribution in [-0.4, -0.2) is 51.8 Å². The summed E-state index contributed by atoms with van der Waals surface area (Å²) in [5.41, 5.74) is -2.74. The van der Waals surface area contributed by atoms with Crippen molar-refractivity contribution in [3.63, 3.8) is 0 Å². The minimum absolute atomic E-state index is 0.0746. The molecule has 0 aliphatic carbocycles. The molecule has 1 aliphatic heterocycles. The maximum Gasteiger partial charge on any atom is 0.413 e. The Morgan fingerprint density at radius 3 is 2.39 bits per heavy atom. The SMILES string of the molecule is CC(C)C(=N[C@](C)(c1nc(NC(=O)c2ccc(OC(F)F)cn2)ccc1F)[C@H]1CCN=[S-]1=O)NC(=O)OC(C)(C)C. The Kier molecular flexibility index (Phi) is 9.94. The number of aliphatic imine (C=N–C) groups is 1. The zero-order valence-electron chi connectivity index (χ0n) is 23.4. The van der Waals surface area contributed by atoms with Crippen LogP contribution in [0.25, 0.3) is 0 Å². The monoisotopic (exact) mass is 597 g/mol. The molecule has 41 heavy (non-hydrogen) atoms. The van der Waals surface area contributed by atoms with E-state index >= 15 is 4.39 Å². The number of carbonyl (C=O) groups is 2. The number of alkyl carbamates (subject to hydrolysis) is 1. The molecule has 1 aliphatic rings. The van der Waals surface area contributed by atoms with Crippen molar-refractivity contribution in [3.8, 4) is 5.75 Å². The highest BCUT2D eigenvalue weighted by molar-refractivity contribution is 7.75. The Morgan fingerprint density at radius 2 is 1.85 bits per heavy atom. The quantitative estimate of drug-likeness (QED) is 0.242. The normalized spacial score (nSPS) is 17.6. The number of halogens is 3. The Balaban J connectivity index is 2.00. The van der Waals surface area contributed by atoms with Gasteiger partial charge in [0, 0.05) is 12.5 Å². The Bertz CT molecular complexity index is 1390. The second-order valence-electron chi connectivity index (χ2n) is 10.6. The number of hydrogen-bond donors (Lipinski definition) is 2. The lowest BCUT2D eigenvalue weighted by atomic mass is 9.90. The van der Waals surface area contributed by atoms with Crippen molar-refractivity contribution in [2.45, 2.75) is 71.0 Å². The van der Waals surface area contributed by atoms with Gasteiger partial charge in [-0.05, 0) is 63.6 Å². The van der Waals surface area contributed by atoms with E-state index < -0.39 is 51.4 Å². The largest absolute Gasteiger partial charge is 0.444 e. The van der Waals surface area contributed by atoms with Crippen molar-refractivity contribution in [1.29, 1.82) is 0 Å². The average molecular weight is 598 g/mol. The molecule has 3 heterocycles. The van der Waals surface area contributed by atoms with E-state index in [1.807, 2.05) is 0 Å². The second kappa shape index (κ2) is 12.8. The summed E-state index contributed by atoms with van der Waals surface area (Å²) in [7, 11) is -1.75. The van der Waals surface area contributed by atoms with Gasteiger partial charge in [-0.15, -0.1) is 0 Å². The highest BCUT2D eigenvalue weighted by Gasteiger charge is 2.39. The zero-order chi connectivity index (χ0) is 30.5. The van der Waals surface area contributed by atoms with Crippen LogP contribution in [0.15, 0.2) is 39.8 Å². The lowest BCUT2D eigenvalue weighted by Crippen LogP contribution is -2.43. The first-order valence-corrected chi connectivity index (χ1v) is 13.8. The summed E-state index contributed by atoms with van der Waals surface area (Å²) in [6.45, 7) is 7.37. The van der Waals surface area contributed by atoms with Crippen LogP contribution in [0.5, 0.6) is 5.75 Å². The topological polar surface area (TPSA) is 144 Å². The van der Waals surface area contributed by atoms with Crippen LogP contribution < -0.4 is 15.4 Å². The summed E-state index contributed by atoms with van der Waals surface area (Å²) < 4.78 is 66.7. The number of alkyl halides is 2. The third kappa shape index (κ3) is 8.38. The Morgan fingerprint density at radius 1 is 1.15 bits per heavy atom. The van der Waals surface area contributed by atoms with Gasteiger partial charge in [-0.1, -0.05) is 13.8 Å². The third-order valence-corrected chi connectivity index (χ3v) is 7.39. The Labute approximate surface area is 237 Å². The van der Waals surface area contributed by atoms with Gasteiger partial charge in [0.25, 0.3) is 5.91 Å². The van der Waals surface area contributed by atoms with Crippen LogP contribution in [0.4, 0.5) is 23.8 Å². The smallest absolute Gasteiger partial charge is 0.413 e. The van der Waals surface area contributed by atoms with Gasteiger partial charge in [0.05, 0.1) is 11.7 Å². The summed E-state index contributed by atoms with van der Waals surface area (Å²) in [6, 6.07) is 4.61. The summed E-state index contributed by atoms with van der Waals surface area (Å²) in [6.07, 6.45) is 0.496. The van der Waals surface area contributed by atoms with E-state index in [-0.39, 0.29) is 41.3 Å². The molecule has 0 radical (unpaired) electrons. The molecular formula is C26H32F3N6O5S-. The van der Waals surface area contributed by atoms with Crippen molar-refractivity contribution in [2.75, 3.05) is 11.9 Å². The van der Waals surface area contributed by atoms with Gasteiger partial charge >= 0.3 is 12.7 Å². The molecule has 2 N–H and O–H groups in total. The maximum absolute atomic E-state index is 15.4. The van der Waals surface area contributed by atoms with Crippen LogP contribution in [-0.2, 0) is 25.1 Å². The van der Waals surface area contributed by atoms with Crippen LogP contribution in [0.3, 0.4) is 0 Å². The van der Waals surface area contributed by atoms with Crippen LogP contribution in [0.2, 0.25) is 0 Å². The van der Waals surface area contributed by atoms with Gasteiger partial charge in [0.2, 0.25) is 0 Å². The van der Waals surface area contributed by atoms with Gasteiger partial charge in [-0.2, -0.15) is 19.4 Å². The Hall–Kier alpha value is -3.75. The predicted octanol–water partition coefficient (Wildman–Crippen LogP) is 5.18. The number of anilines is 1. The van der Waals surface area contributed by atoms with Crippen LogP contribution in [0.1, 0.15) is 64.1 Å². The molecule has 0 saturated carbocycles. The number of carbonyl (C=O) groups excluding carboxylic acids is 2. The fourth-order valence-electron chi connectivity index (χ4n) is 3.90. The number of amides is 2. The van der Waals surface area contributed by atoms with Crippen molar-refractivity contribution in [1.82, 2.24) is 15.3 Å². The number of nitrogens with zero attached hydrogens (tertiary/aromatic N) is 4. The first-order valence-electron chi connectivity index (χ1n) is 12.7. The summed E-state index contributed by atoms with van der Waals surface area (Å²) >= 11 is 0. The van der Waals surface area contributed by atoms with E-state index in [4.69, 9.17) is 9.73 Å². The first kappa shape index (κ1) is 31.8. The van der Waals surface area contributed by atoms with Gasteiger partial charge in [0.15, 0.2) is 0 Å². The molecule has 0 aromatic carbocycles. The van der Waals surface area contributed by atoms with Gasteiger partial charge in [0.1, 0.15) is 40.2 Å². The number of hydrogen-bond acceptors (Lipinski definition) is 10. The van der Waals surface area contributed by atoms with Crippen molar-refractivity contribution in [3.05, 3.63) is 47.7 Å². The first-order chi connectivity index (χ1) is 19.1. The molecule has 0 bridgehead atoms. The maximum atomic E-state index is 15.4. The fourth-order valence-corrected chi connectivity index (χ4v) is 5.23. The van der Waals surface area contributed by atoms with E-state index in [1.165, 1.54) is 19.1 Å². The molecule has 2 atom stereocenters. The summed E-state index contributed by atoms with van der Waals surface area (Å²) in [5.74, 6) is -2.06. The van der Waals surface area contributed by atoms with Gasteiger partial charge in [-0.25, -0.2) is 19.2 Å². The molecule has 3 rings (SSSR count). The number of ether oxygens (including phenoxy) is 2. The van der Waals surface area contributed by atoms with E-state index in [2.05, 4.69) is 29.7 Å². The molecule has 2 amide bonds. The van der Waals surface area contributed by atoms with Gasteiger partial charge in [-0.3, -0.25) is 15.1 Å². The number of amidine groups is 1. The molecule has 224 valence electrons. The standard InChI is InChI=1S/C26H32F3N6O5S/c1-14(2)21(34-24(37)40-25(3,4)5)35-26(6,18-11-12-31-41(18)38)20-16(27)8-10-19(32-20)33-22(36)17-9-7-15(13-30-17)39-23(28)29/h7-10,13-14,18,23H,11-12H2,1-6H3,(H,32,33,36)(H,34,35,37)/q-1/t18-,26+/m1/s1. The van der Waals surface area contributed by atoms with Crippen molar-refractivity contribution >= 4 is 34.2 Å². The minimum atomic E-state index is -3.05. The van der Waals surface area contributed by atoms with Crippen LogP contribution in [0, 0.1) is 11.7 Å². The molecule has 0 spiro atoms. The molecule has 2 aromatic rings. The number of pyridine rings is 2. The molecule has 0 fully saturated rings. The molecular weight excluding hydrogens is 565 g/mol. The summed E-state index contributed by atoms with van der Waals surface area (Å²) in [5, 5.41) is 4.31. The molecule has 15 heteroatoms. The third-order valence-electron chi connectivity index (χ3n) is 5.77. The summed E-state index contributed by atoms with van der Waals surface area (Å²) in [4.78, 5) is 38.1. The minimum Gasteiger partial charge on any atom is -0.444 e. The van der Waals surface area contributed by atoms with Crippen LogP contribution >= 0.6 is 0 Å². The molecule has 2 aromatic heterocycles. The second-order valence-corrected chi connectivity index (χ2v) is 12.0. The highest BCUT2D eigenvalue weighted by atomic mass is 32.2. The van der Waals surface area contributed by atoms with E-state index in [0.717, 1.165) is 18.3 Å². The zero-order valence-corrected chi connectivity index (χ0v) is 24.2. The number of rotatable bonds is 8. The average Bonchev–Trinajstić information content (AvgIpc) is 3.30. The van der Waals surface area contributed by atoms with Gasteiger partial charge < -0.3 is 23.4 Å². The van der Waals surface area contributed by atoms with Crippen molar-refractivity contribution < 1.29 is 36.4 Å². The lowest BCUT2D eigenvalue weighted by Gasteiger charge is -2.36. The lowest BCUT2D eigenvalue weighted by molar-refractivity contribution is -0.0500. The van der Waals surface area contributed by atoms with E-state index in [9.17, 15) is 22.6 Å². The predicted molar refractivity (Wildman–Crippen MR) is 146 cm³/mol. The fraction of sp³-hybridized carbons (Fsp3) is 0.500. The van der Waals surface area contributed by atoms with E-state index in [0.29, 0.717) is 6.42 Å². The highest BCUT2D eigenvalue weighted by Crippen LogP contribution is 2.37. The number of aromatic nitrogens is 2. The molecule has 0 saturated heterocycles. The van der Waals surface area contributed by atoms with E-state index in [1.54, 1.807) is 34.6 Å².